The first-order valence-electron chi connectivity index (χ1n) is 12.5. The Morgan fingerprint density at radius 3 is 1.40 bits per heavy atom. The van der Waals surface area contributed by atoms with Crippen molar-refractivity contribution in [2.45, 2.75) is 121 Å². The Labute approximate surface area is 268 Å². The Balaban J connectivity index is -0.000000635. The summed E-state index contributed by atoms with van der Waals surface area (Å²) < 4.78 is 29.0. The van der Waals surface area contributed by atoms with E-state index in [1.807, 2.05) is 0 Å². The summed E-state index contributed by atoms with van der Waals surface area (Å²) in [5.41, 5.74) is 0. The van der Waals surface area contributed by atoms with Gasteiger partial charge in [0.25, 0.3) is 16.1 Å². The summed E-state index contributed by atoms with van der Waals surface area (Å²) in [6.45, 7) is 3.64. The molecule has 1 aromatic rings. The van der Waals surface area contributed by atoms with E-state index in [1.165, 1.54) is 89.9 Å². The van der Waals surface area contributed by atoms with E-state index in [-0.39, 0.29) is 85.4 Å². The van der Waals surface area contributed by atoms with Gasteiger partial charge in [-0.25, -0.2) is 0 Å². The first-order valence-corrected chi connectivity index (χ1v) is 13.9. The van der Waals surface area contributed by atoms with E-state index in [1.54, 1.807) is 30.3 Å². The number of hydrogen-bond donors (Lipinski definition) is 1. The van der Waals surface area contributed by atoms with Gasteiger partial charge in [0.1, 0.15) is 0 Å². The van der Waals surface area contributed by atoms with E-state index in [0.29, 0.717) is 0 Å². The third-order valence-corrected chi connectivity index (χ3v) is 6.59. The zero-order chi connectivity index (χ0) is 23.9. The molecule has 3 N–H and O–H groups in total. The van der Waals surface area contributed by atoms with Crippen LogP contribution in [-0.4, -0.2) is 83.0 Å². The molecule has 1 aromatic carbocycles. The van der Waals surface area contributed by atoms with Gasteiger partial charge in [-0.1, -0.05) is 121 Å². The Bertz CT molecular complexity index is 655. The second kappa shape index (κ2) is 30.9. The molecule has 0 saturated heterocycles. The van der Waals surface area contributed by atoms with Crippen molar-refractivity contribution in [3.63, 3.8) is 0 Å². The van der Waals surface area contributed by atoms with Crippen molar-refractivity contribution in [1.82, 2.24) is 0 Å². The average Bonchev–Trinajstić information content (AvgIpc) is 2.76. The molecule has 0 unspecified atom stereocenters. The monoisotopic (exact) mass is 591 g/mol. The molecule has 9 heteroatoms. The van der Waals surface area contributed by atoms with E-state index in [9.17, 15) is 8.42 Å². The van der Waals surface area contributed by atoms with Crippen molar-refractivity contribution in [3.05, 3.63) is 30.3 Å². The summed E-state index contributed by atoms with van der Waals surface area (Å²) in [6, 6.07) is 8.37. The van der Waals surface area contributed by atoms with E-state index in [0.717, 1.165) is 19.8 Å². The van der Waals surface area contributed by atoms with Crippen LogP contribution in [-0.2, 0) is 36.2 Å². The van der Waals surface area contributed by atoms with Crippen molar-refractivity contribution in [1.29, 1.82) is 0 Å². The number of carboxylic acids is 1. The van der Waals surface area contributed by atoms with Gasteiger partial charge in [-0.05, 0) is 18.6 Å². The summed E-state index contributed by atoms with van der Waals surface area (Å²) >= 11 is 0. The molecule has 0 amide bonds. The molecule has 35 heavy (non-hydrogen) atoms. The fourth-order valence-electron chi connectivity index (χ4n) is 3.47. The van der Waals surface area contributed by atoms with Crippen molar-refractivity contribution >= 4 is 67.5 Å². The maximum atomic E-state index is 12.0. The molecule has 207 valence electrons. The van der Waals surface area contributed by atoms with Gasteiger partial charge >= 0.3 is 51.4 Å². The van der Waals surface area contributed by atoms with Crippen LogP contribution in [0, 0.1) is 0 Å². The van der Waals surface area contributed by atoms with Crippen LogP contribution < -0.4 is 0 Å². The molecule has 0 bridgehead atoms. The summed E-state index contributed by atoms with van der Waals surface area (Å²) in [6.07, 6.45) is 20.9. The summed E-state index contributed by atoms with van der Waals surface area (Å²) in [7, 11) is -3.58. The van der Waals surface area contributed by atoms with Gasteiger partial charge in [0.15, 0.2) is 0 Å². The molecule has 0 atom stereocenters. The fraction of sp³-hybridized carbons (Fsp3) is 0.731. The van der Waals surface area contributed by atoms with Gasteiger partial charge in [0, 0.05) is 24.0 Å². The Hall–Kier alpha value is 0.716. The van der Waals surface area contributed by atoms with Crippen LogP contribution in [0.25, 0.3) is 0 Å². The van der Waals surface area contributed by atoms with Crippen LogP contribution >= 0.6 is 0 Å². The molecule has 0 aromatic heterocycles. The quantitative estimate of drug-likeness (QED) is 0.116. The van der Waals surface area contributed by atoms with Crippen molar-refractivity contribution in [2.75, 3.05) is 6.61 Å². The molecule has 1 rings (SSSR count). The van der Waals surface area contributed by atoms with Gasteiger partial charge in [-0.15, -0.1) is 0 Å². The van der Waals surface area contributed by atoms with Crippen LogP contribution in [0.15, 0.2) is 35.2 Å². The molecule has 6 nitrogen and oxygen atoms in total. The van der Waals surface area contributed by atoms with Gasteiger partial charge in [-0.3, -0.25) is 8.98 Å². The number of hydrogen-bond acceptors (Lipinski definition) is 4. The summed E-state index contributed by atoms with van der Waals surface area (Å²) in [5, 5.41) is 7.42. The van der Waals surface area contributed by atoms with Gasteiger partial charge in [0.05, 0.1) is 11.5 Å². The minimum absolute atomic E-state index is 0. The standard InChI is InChI=1S/C24H42O3S.C2H4O2.Cu.K.H2O.H/c1-2-3-4-5-6-7-8-9-10-11-12-13-14-15-16-20-23-27-28(25,26)24-21-18-17-19-22-24;1-2(3)4;;;;/h17-19,21-22H,2-16,20,23H2,1H3;1H3,(H,3,4);;;1H2;. The number of unbranched alkanes of at least 4 members (excludes halogenated alkanes) is 15. The molecule has 0 aliphatic carbocycles. The second-order valence-electron chi connectivity index (χ2n) is 8.41. The van der Waals surface area contributed by atoms with E-state index in [4.69, 9.17) is 14.1 Å². The molecule has 0 fully saturated rings. The first-order chi connectivity index (χ1) is 15.4. The fourth-order valence-corrected chi connectivity index (χ4v) is 4.44. The van der Waals surface area contributed by atoms with Crippen LogP contribution in [0.4, 0.5) is 0 Å². The first kappa shape index (κ1) is 42.8. The van der Waals surface area contributed by atoms with Crippen molar-refractivity contribution < 1.29 is 45.0 Å². The van der Waals surface area contributed by atoms with E-state index < -0.39 is 16.1 Å². The van der Waals surface area contributed by atoms with Gasteiger partial charge in [-0.2, -0.15) is 8.42 Å². The van der Waals surface area contributed by atoms with Crippen molar-refractivity contribution in [2.24, 2.45) is 0 Å². The molecule has 0 heterocycles. The number of carbonyl (C=O) groups is 1. The summed E-state index contributed by atoms with van der Waals surface area (Å²) in [5.74, 6) is -0.833. The van der Waals surface area contributed by atoms with Crippen LogP contribution in [0.5, 0.6) is 0 Å². The number of aliphatic carboxylic acids is 1. The Kier molecular flexibility index (Phi) is 37.8. The molecule has 0 aliphatic heterocycles. The third-order valence-electron chi connectivity index (χ3n) is 5.27. The third kappa shape index (κ3) is 30.8. The SMILES string of the molecule is CC(=O)O.CCCCCCCCCCCCCCCCCCOS(=O)(=O)c1ccccc1.O.[Cu].[KH]. The Morgan fingerprint density at radius 2 is 1.06 bits per heavy atom. The Morgan fingerprint density at radius 1 is 0.743 bits per heavy atom. The van der Waals surface area contributed by atoms with Gasteiger partial charge in [0.2, 0.25) is 0 Å². The van der Waals surface area contributed by atoms with Crippen LogP contribution in [0.3, 0.4) is 0 Å². The zero-order valence-electron chi connectivity index (χ0n) is 21.2. The molecule has 0 spiro atoms. The molecule has 1 radical (unpaired) electrons. The predicted molar refractivity (Wildman–Crippen MR) is 143 cm³/mol. The second-order valence-corrected chi connectivity index (χ2v) is 10.0. The number of rotatable bonds is 19. The van der Waals surface area contributed by atoms with E-state index in [2.05, 4.69) is 6.92 Å². The van der Waals surface area contributed by atoms with Crippen molar-refractivity contribution in [3.8, 4) is 0 Å². The maximum absolute atomic E-state index is 12.0. The molecule has 0 aliphatic rings. The normalized spacial score (nSPS) is 10.1. The number of carboxylic acid groups (broad SMARTS) is 1. The van der Waals surface area contributed by atoms with E-state index >= 15 is 0 Å². The minimum atomic E-state index is -3.58. The number of benzene rings is 1. The summed E-state index contributed by atoms with van der Waals surface area (Å²) in [4.78, 5) is 9.24. The predicted octanol–water partition coefficient (Wildman–Crippen LogP) is 6.27. The van der Waals surface area contributed by atoms with Crippen LogP contribution in [0.1, 0.15) is 117 Å². The van der Waals surface area contributed by atoms with Gasteiger partial charge < -0.3 is 10.6 Å². The zero-order valence-corrected chi connectivity index (χ0v) is 23.0. The molecular weight excluding hydrogens is 543 g/mol. The molecular formula is C26H49CuKO6S. The topological polar surface area (TPSA) is 112 Å². The molecule has 0 saturated carbocycles. The van der Waals surface area contributed by atoms with Crippen LogP contribution in [0.2, 0.25) is 0 Å². The average molecular weight is 592 g/mol.